The van der Waals surface area contributed by atoms with Crippen LogP contribution >= 0.6 is 0 Å². The van der Waals surface area contributed by atoms with Gasteiger partial charge >= 0.3 is 0 Å². The number of ether oxygens (including phenoxy) is 1. The number of hydrogen-bond donors (Lipinski definition) is 2. The Labute approximate surface area is 163 Å². The van der Waals surface area contributed by atoms with Gasteiger partial charge in [0.1, 0.15) is 5.75 Å². The summed E-state index contributed by atoms with van der Waals surface area (Å²) in [6, 6.07) is 12.8. The second-order valence-electron chi connectivity index (χ2n) is 7.21. The molecule has 1 aromatic heterocycles. The van der Waals surface area contributed by atoms with Gasteiger partial charge in [-0.25, -0.2) is 0 Å². The van der Waals surface area contributed by atoms with Crippen molar-refractivity contribution < 1.29 is 9.53 Å². The molecule has 1 heterocycles. The fourth-order valence-electron chi connectivity index (χ4n) is 3.72. The van der Waals surface area contributed by atoms with E-state index in [1.807, 2.05) is 30.3 Å². The number of aromatic nitrogens is 1. The van der Waals surface area contributed by atoms with Crippen molar-refractivity contribution in [2.75, 3.05) is 11.9 Å². The smallest absolute Gasteiger partial charge is 0.255 e. The fraction of sp³-hybridized carbons (Fsp3) is 0.304. The van der Waals surface area contributed by atoms with Crippen LogP contribution in [0.3, 0.4) is 0 Å². The van der Waals surface area contributed by atoms with E-state index in [4.69, 9.17) is 4.74 Å². The summed E-state index contributed by atoms with van der Waals surface area (Å²) >= 11 is 0. The lowest BCUT2D eigenvalue weighted by molar-refractivity contribution is 0.102. The average Bonchev–Trinajstić information content (AvgIpc) is 3.19. The van der Waals surface area contributed by atoms with E-state index < -0.39 is 0 Å². The van der Waals surface area contributed by atoms with Gasteiger partial charge in [0.25, 0.3) is 11.5 Å². The number of carbonyl (C=O) groups is 1. The number of aromatic amines is 1. The van der Waals surface area contributed by atoms with Gasteiger partial charge in [-0.3, -0.25) is 9.59 Å². The second kappa shape index (κ2) is 7.89. The van der Waals surface area contributed by atoms with Crippen LogP contribution in [0.2, 0.25) is 0 Å². The third-order valence-corrected chi connectivity index (χ3v) is 5.23. The van der Waals surface area contributed by atoms with Gasteiger partial charge in [-0.2, -0.15) is 0 Å². The number of H-pyrrole nitrogens is 1. The summed E-state index contributed by atoms with van der Waals surface area (Å²) in [5.41, 5.74) is 4.03. The van der Waals surface area contributed by atoms with Gasteiger partial charge in [0.2, 0.25) is 0 Å². The first kappa shape index (κ1) is 18.3. The molecule has 0 saturated heterocycles. The Morgan fingerprint density at radius 2 is 1.89 bits per heavy atom. The number of carbonyl (C=O) groups excluding carboxylic acids is 1. The normalized spacial score (nSPS) is 12.8. The molecule has 1 aliphatic carbocycles. The molecule has 0 bridgehead atoms. The lowest BCUT2D eigenvalue weighted by atomic mass is 10.1. The van der Waals surface area contributed by atoms with Crippen molar-refractivity contribution in [1.82, 2.24) is 4.98 Å². The van der Waals surface area contributed by atoms with Crippen LogP contribution in [0.15, 0.2) is 47.3 Å². The Kier molecular flexibility index (Phi) is 5.15. The molecular formula is C23H24N2O3. The molecule has 5 nitrogen and oxygen atoms in total. The first-order chi connectivity index (χ1) is 13.7. The maximum Gasteiger partial charge on any atom is 0.255 e. The molecule has 2 N–H and O–H groups in total. The van der Waals surface area contributed by atoms with Crippen LogP contribution in [-0.4, -0.2) is 17.5 Å². The van der Waals surface area contributed by atoms with Crippen molar-refractivity contribution in [2.45, 2.75) is 39.0 Å². The molecule has 144 valence electrons. The number of hydrogen-bond acceptors (Lipinski definition) is 3. The maximum atomic E-state index is 12.6. The Bertz CT molecular complexity index is 1070. The molecule has 0 aliphatic heterocycles. The van der Waals surface area contributed by atoms with E-state index in [1.165, 1.54) is 0 Å². The number of benzene rings is 2. The number of anilines is 1. The summed E-state index contributed by atoms with van der Waals surface area (Å²) < 4.78 is 5.63. The van der Waals surface area contributed by atoms with E-state index in [2.05, 4.69) is 17.2 Å². The molecular weight excluding hydrogens is 352 g/mol. The number of fused-ring (bicyclic) bond motifs is 3. The molecule has 5 heteroatoms. The molecule has 4 rings (SSSR count). The predicted octanol–water partition coefficient (Wildman–Crippen LogP) is 4.45. The molecule has 0 radical (unpaired) electrons. The monoisotopic (exact) mass is 376 g/mol. The summed E-state index contributed by atoms with van der Waals surface area (Å²) in [5, 5.41) is 3.98. The van der Waals surface area contributed by atoms with E-state index in [0.29, 0.717) is 17.9 Å². The quantitative estimate of drug-likeness (QED) is 0.625. The predicted molar refractivity (Wildman–Crippen MR) is 111 cm³/mol. The Balaban J connectivity index is 1.51. The molecule has 0 spiro atoms. The summed E-state index contributed by atoms with van der Waals surface area (Å²) in [7, 11) is 0. The summed E-state index contributed by atoms with van der Waals surface area (Å²) in [6.07, 6.45) is 4.90. The molecule has 0 saturated carbocycles. The van der Waals surface area contributed by atoms with Gasteiger partial charge in [-0.15, -0.1) is 0 Å². The van der Waals surface area contributed by atoms with Crippen molar-refractivity contribution in [3.05, 3.63) is 69.5 Å². The third-order valence-electron chi connectivity index (χ3n) is 5.23. The lowest BCUT2D eigenvalue weighted by Gasteiger charge is -2.10. The highest BCUT2D eigenvalue weighted by molar-refractivity contribution is 6.05. The van der Waals surface area contributed by atoms with Crippen LogP contribution in [0.5, 0.6) is 5.75 Å². The Morgan fingerprint density at radius 1 is 1.11 bits per heavy atom. The van der Waals surface area contributed by atoms with E-state index in [-0.39, 0.29) is 11.5 Å². The SMILES string of the molecule is CCCCOc1ccc(C(=O)Nc2ccc3c4c(c(=O)[nH]c3c2)CCC4)cc1. The van der Waals surface area contributed by atoms with Crippen LogP contribution in [0.4, 0.5) is 5.69 Å². The minimum atomic E-state index is -0.192. The standard InChI is InChI=1S/C23H24N2O3/c1-2-3-13-28-17-10-7-15(8-11-17)22(26)24-16-9-12-19-18-5-4-6-20(18)23(27)25-21(19)14-16/h7-12,14H,2-6,13H2,1H3,(H,24,26)(H,25,27). The van der Waals surface area contributed by atoms with Gasteiger partial charge in [0.05, 0.1) is 12.1 Å². The summed E-state index contributed by atoms with van der Waals surface area (Å²) in [6.45, 7) is 2.80. The molecule has 3 aromatic rings. The van der Waals surface area contributed by atoms with Gasteiger partial charge in [-0.1, -0.05) is 19.4 Å². The van der Waals surface area contributed by atoms with Gasteiger partial charge in [0.15, 0.2) is 0 Å². The van der Waals surface area contributed by atoms with Crippen molar-refractivity contribution in [3.8, 4) is 5.75 Å². The number of aryl methyl sites for hydroxylation is 1. The van der Waals surface area contributed by atoms with E-state index in [1.54, 1.807) is 12.1 Å². The van der Waals surface area contributed by atoms with Crippen LogP contribution < -0.4 is 15.6 Å². The van der Waals surface area contributed by atoms with Gasteiger partial charge < -0.3 is 15.0 Å². The zero-order chi connectivity index (χ0) is 19.5. The number of unbranched alkanes of at least 4 members (excludes halogenated alkanes) is 1. The largest absolute Gasteiger partial charge is 0.494 e. The molecule has 0 fully saturated rings. The first-order valence-corrected chi connectivity index (χ1v) is 9.87. The number of rotatable bonds is 6. The average molecular weight is 376 g/mol. The molecule has 2 aromatic carbocycles. The molecule has 28 heavy (non-hydrogen) atoms. The highest BCUT2D eigenvalue weighted by Crippen LogP contribution is 2.28. The third kappa shape index (κ3) is 3.65. The van der Waals surface area contributed by atoms with Crippen LogP contribution in [-0.2, 0) is 12.8 Å². The highest BCUT2D eigenvalue weighted by atomic mass is 16.5. The first-order valence-electron chi connectivity index (χ1n) is 9.87. The van der Waals surface area contributed by atoms with Crippen LogP contribution in [0.1, 0.15) is 47.7 Å². The maximum absolute atomic E-state index is 12.6. The summed E-state index contributed by atoms with van der Waals surface area (Å²) in [5.74, 6) is 0.574. The van der Waals surface area contributed by atoms with Crippen molar-refractivity contribution in [3.63, 3.8) is 0 Å². The Hall–Kier alpha value is -3.08. The number of nitrogens with one attached hydrogen (secondary N) is 2. The van der Waals surface area contributed by atoms with Crippen molar-refractivity contribution in [2.24, 2.45) is 0 Å². The van der Waals surface area contributed by atoms with E-state index in [0.717, 1.165) is 59.9 Å². The molecule has 1 amide bonds. The van der Waals surface area contributed by atoms with Gasteiger partial charge in [0, 0.05) is 22.2 Å². The van der Waals surface area contributed by atoms with Crippen molar-refractivity contribution >= 4 is 22.5 Å². The van der Waals surface area contributed by atoms with Crippen LogP contribution in [0, 0.1) is 0 Å². The zero-order valence-electron chi connectivity index (χ0n) is 16.0. The van der Waals surface area contributed by atoms with Crippen LogP contribution in [0.25, 0.3) is 10.9 Å². The fourth-order valence-corrected chi connectivity index (χ4v) is 3.72. The zero-order valence-corrected chi connectivity index (χ0v) is 16.0. The van der Waals surface area contributed by atoms with E-state index in [9.17, 15) is 9.59 Å². The second-order valence-corrected chi connectivity index (χ2v) is 7.21. The minimum Gasteiger partial charge on any atom is -0.494 e. The summed E-state index contributed by atoms with van der Waals surface area (Å²) in [4.78, 5) is 27.8. The van der Waals surface area contributed by atoms with Crippen molar-refractivity contribution in [1.29, 1.82) is 0 Å². The molecule has 0 atom stereocenters. The molecule has 0 unspecified atom stereocenters. The highest BCUT2D eigenvalue weighted by Gasteiger charge is 2.18. The molecule has 1 aliphatic rings. The lowest BCUT2D eigenvalue weighted by Crippen LogP contribution is -2.14. The van der Waals surface area contributed by atoms with Gasteiger partial charge in [-0.05, 0) is 67.6 Å². The Morgan fingerprint density at radius 3 is 2.68 bits per heavy atom. The number of pyridine rings is 1. The van der Waals surface area contributed by atoms with E-state index >= 15 is 0 Å². The topological polar surface area (TPSA) is 71.2 Å². The minimum absolute atomic E-state index is 0.0119. The number of amides is 1.